The Morgan fingerprint density at radius 2 is 1.81 bits per heavy atom. The molecule has 1 aromatic rings. The van der Waals surface area contributed by atoms with E-state index in [-0.39, 0.29) is 11.8 Å². The van der Waals surface area contributed by atoms with E-state index in [1.54, 1.807) is 6.08 Å². The molecule has 1 atom stereocenters. The van der Waals surface area contributed by atoms with Gasteiger partial charge in [0.1, 0.15) is 5.70 Å². The molecule has 0 radical (unpaired) electrons. The predicted octanol–water partition coefficient (Wildman–Crippen LogP) is 1.51. The molecule has 0 saturated carbocycles. The lowest BCUT2D eigenvalue weighted by Gasteiger charge is -2.06. The van der Waals surface area contributed by atoms with Gasteiger partial charge in [0, 0.05) is 5.92 Å². The molecule has 0 spiro atoms. The third-order valence-corrected chi connectivity index (χ3v) is 2.46. The van der Waals surface area contributed by atoms with Crippen molar-refractivity contribution in [3.05, 3.63) is 47.7 Å². The molecule has 1 aliphatic rings. The molecule has 1 heterocycles. The van der Waals surface area contributed by atoms with Crippen LogP contribution in [0, 0.1) is 0 Å². The van der Waals surface area contributed by atoms with Gasteiger partial charge in [0.05, 0.1) is 0 Å². The third kappa shape index (κ3) is 2.11. The van der Waals surface area contributed by atoms with Gasteiger partial charge in [0.2, 0.25) is 0 Å². The largest absolute Gasteiger partial charge is 0.326 e. The molecule has 0 aliphatic carbocycles. The summed E-state index contributed by atoms with van der Waals surface area (Å²) in [6.45, 7) is 1.97. The van der Waals surface area contributed by atoms with E-state index in [1.807, 2.05) is 37.3 Å². The number of imide groups is 1. The monoisotopic (exact) mass is 216 g/mol. The van der Waals surface area contributed by atoms with Crippen LogP contribution in [-0.2, 0) is 4.79 Å². The summed E-state index contributed by atoms with van der Waals surface area (Å²) < 4.78 is 0. The van der Waals surface area contributed by atoms with Crippen molar-refractivity contribution in [2.75, 3.05) is 0 Å². The Labute approximate surface area is 93.3 Å². The number of allylic oxidation sites excluding steroid dienone is 1. The van der Waals surface area contributed by atoms with Crippen LogP contribution in [-0.4, -0.2) is 11.9 Å². The lowest BCUT2D eigenvalue weighted by atomic mass is 10.0. The summed E-state index contributed by atoms with van der Waals surface area (Å²) >= 11 is 0. The molecule has 3 amide bonds. The van der Waals surface area contributed by atoms with E-state index in [0.717, 1.165) is 5.56 Å². The van der Waals surface area contributed by atoms with Crippen molar-refractivity contribution in [3.8, 4) is 0 Å². The molecule has 4 nitrogen and oxygen atoms in total. The van der Waals surface area contributed by atoms with Crippen LogP contribution in [0.25, 0.3) is 0 Å². The SMILES string of the molecule is CC(C=C1NC(=O)NC1=O)c1ccccc1. The van der Waals surface area contributed by atoms with E-state index >= 15 is 0 Å². The molecule has 1 unspecified atom stereocenters. The molecule has 16 heavy (non-hydrogen) atoms. The van der Waals surface area contributed by atoms with Crippen molar-refractivity contribution in [2.24, 2.45) is 0 Å². The first kappa shape index (κ1) is 10.4. The zero-order chi connectivity index (χ0) is 11.5. The maximum atomic E-state index is 11.3. The lowest BCUT2D eigenvalue weighted by Crippen LogP contribution is -2.22. The van der Waals surface area contributed by atoms with Crippen molar-refractivity contribution in [2.45, 2.75) is 12.8 Å². The van der Waals surface area contributed by atoms with Gasteiger partial charge < -0.3 is 5.32 Å². The topological polar surface area (TPSA) is 58.2 Å². The Kier molecular flexibility index (Phi) is 2.72. The van der Waals surface area contributed by atoms with Crippen molar-refractivity contribution in [1.82, 2.24) is 10.6 Å². The average molecular weight is 216 g/mol. The highest BCUT2D eigenvalue weighted by Gasteiger charge is 2.23. The molecule has 1 fully saturated rings. The summed E-state index contributed by atoms with van der Waals surface area (Å²) in [5.41, 5.74) is 1.42. The van der Waals surface area contributed by atoms with E-state index in [4.69, 9.17) is 0 Å². The van der Waals surface area contributed by atoms with Gasteiger partial charge in [-0.2, -0.15) is 0 Å². The molecule has 82 valence electrons. The first-order valence-electron chi connectivity index (χ1n) is 5.06. The van der Waals surface area contributed by atoms with Gasteiger partial charge in [-0.05, 0) is 11.6 Å². The molecule has 1 saturated heterocycles. The fraction of sp³-hybridized carbons (Fsp3) is 0.167. The van der Waals surface area contributed by atoms with Crippen LogP contribution in [0.4, 0.5) is 4.79 Å². The van der Waals surface area contributed by atoms with Gasteiger partial charge in [0.15, 0.2) is 0 Å². The summed E-state index contributed by atoms with van der Waals surface area (Å²) in [5.74, 6) is -0.284. The van der Waals surface area contributed by atoms with E-state index in [2.05, 4.69) is 10.6 Å². The summed E-state index contributed by atoms with van der Waals surface area (Å²) in [5, 5.41) is 4.63. The second kappa shape index (κ2) is 4.18. The first-order chi connectivity index (χ1) is 7.66. The number of hydrogen-bond acceptors (Lipinski definition) is 2. The molecule has 0 aromatic heterocycles. The average Bonchev–Trinajstić information content (AvgIpc) is 2.59. The van der Waals surface area contributed by atoms with Crippen LogP contribution in [0.3, 0.4) is 0 Å². The van der Waals surface area contributed by atoms with Crippen LogP contribution in [0.5, 0.6) is 0 Å². The van der Waals surface area contributed by atoms with E-state index in [9.17, 15) is 9.59 Å². The van der Waals surface area contributed by atoms with Crippen LogP contribution in [0.15, 0.2) is 42.1 Å². The molecule has 2 N–H and O–H groups in total. The van der Waals surface area contributed by atoms with E-state index < -0.39 is 6.03 Å². The maximum absolute atomic E-state index is 11.3. The highest BCUT2D eigenvalue weighted by molar-refractivity contribution is 6.11. The molecule has 1 aromatic carbocycles. The van der Waals surface area contributed by atoms with Gasteiger partial charge in [-0.3, -0.25) is 10.1 Å². The fourth-order valence-electron chi connectivity index (χ4n) is 1.60. The second-order valence-corrected chi connectivity index (χ2v) is 3.69. The number of nitrogens with one attached hydrogen (secondary N) is 2. The van der Waals surface area contributed by atoms with Crippen molar-refractivity contribution in [1.29, 1.82) is 0 Å². The first-order valence-corrected chi connectivity index (χ1v) is 5.06. The van der Waals surface area contributed by atoms with Gasteiger partial charge in [0.25, 0.3) is 5.91 Å². The number of amides is 3. The normalized spacial score (nSPS) is 19.4. The number of carbonyl (C=O) groups excluding carboxylic acids is 2. The summed E-state index contributed by atoms with van der Waals surface area (Å²) in [4.78, 5) is 22.2. The van der Waals surface area contributed by atoms with Gasteiger partial charge in [-0.1, -0.05) is 37.3 Å². The Hall–Kier alpha value is -2.10. The van der Waals surface area contributed by atoms with Crippen molar-refractivity contribution >= 4 is 11.9 Å². The predicted molar refractivity (Wildman–Crippen MR) is 59.6 cm³/mol. The van der Waals surface area contributed by atoms with Gasteiger partial charge >= 0.3 is 6.03 Å². The summed E-state index contributed by atoms with van der Waals surface area (Å²) in [6.07, 6.45) is 1.75. The van der Waals surface area contributed by atoms with Gasteiger partial charge in [-0.15, -0.1) is 0 Å². The highest BCUT2D eigenvalue weighted by Crippen LogP contribution is 2.17. The van der Waals surface area contributed by atoms with Crippen molar-refractivity contribution in [3.63, 3.8) is 0 Å². The standard InChI is InChI=1S/C12H12N2O2/c1-8(9-5-3-2-4-6-9)7-10-11(15)14-12(16)13-10/h2-8H,1H3,(H2,13,14,15,16). The Morgan fingerprint density at radius 1 is 1.12 bits per heavy atom. The van der Waals surface area contributed by atoms with Gasteiger partial charge in [-0.25, -0.2) is 4.79 Å². The number of benzene rings is 1. The fourth-order valence-corrected chi connectivity index (χ4v) is 1.60. The molecule has 2 rings (SSSR count). The Bertz CT molecular complexity index is 451. The molecule has 1 aliphatic heterocycles. The van der Waals surface area contributed by atoms with E-state index in [1.165, 1.54) is 0 Å². The lowest BCUT2D eigenvalue weighted by molar-refractivity contribution is -0.115. The van der Waals surface area contributed by atoms with Crippen LogP contribution in [0.1, 0.15) is 18.4 Å². The Morgan fingerprint density at radius 3 is 2.38 bits per heavy atom. The minimum Gasteiger partial charge on any atom is -0.303 e. The zero-order valence-electron chi connectivity index (χ0n) is 8.86. The van der Waals surface area contributed by atoms with Crippen LogP contribution in [0.2, 0.25) is 0 Å². The summed E-state index contributed by atoms with van der Waals surface area (Å²) in [7, 11) is 0. The number of rotatable bonds is 2. The minimum atomic E-state index is -0.462. The van der Waals surface area contributed by atoms with Crippen LogP contribution >= 0.6 is 0 Å². The number of urea groups is 1. The summed E-state index contributed by atoms with van der Waals surface area (Å²) in [6, 6.07) is 9.33. The zero-order valence-corrected chi connectivity index (χ0v) is 8.86. The number of hydrogen-bond donors (Lipinski definition) is 2. The quantitative estimate of drug-likeness (QED) is 0.581. The molecule has 4 heteroatoms. The Balaban J connectivity index is 2.18. The smallest absolute Gasteiger partial charge is 0.303 e. The van der Waals surface area contributed by atoms with Crippen molar-refractivity contribution < 1.29 is 9.59 Å². The molecular weight excluding hydrogens is 204 g/mol. The van der Waals surface area contributed by atoms with Crippen LogP contribution < -0.4 is 10.6 Å². The highest BCUT2D eigenvalue weighted by atomic mass is 16.2. The third-order valence-electron chi connectivity index (χ3n) is 2.46. The molecular formula is C12H12N2O2. The molecule has 0 bridgehead atoms. The number of carbonyl (C=O) groups is 2. The van der Waals surface area contributed by atoms with E-state index in [0.29, 0.717) is 5.70 Å². The second-order valence-electron chi connectivity index (χ2n) is 3.69. The maximum Gasteiger partial charge on any atom is 0.326 e. The minimum absolute atomic E-state index is 0.0837.